The van der Waals surface area contributed by atoms with E-state index in [4.69, 9.17) is 18.5 Å². The Kier molecular flexibility index (Phi) is 78.0. The summed E-state index contributed by atoms with van der Waals surface area (Å²) in [6.45, 7) is 4.39. The molecule has 0 amide bonds. The quantitative estimate of drug-likeness (QED) is 0.0211. The van der Waals surface area contributed by atoms with E-state index in [1.165, 1.54) is 321 Å². The van der Waals surface area contributed by atoms with Gasteiger partial charge in [0.2, 0.25) is 0 Å². The number of allylic oxidation sites excluding steroid dienone is 14. The summed E-state index contributed by atoms with van der Waals surface area (Å²) in [5.41, 5.74) is 0. The summed E-state index contributed by atoms with van der Waals surface area (Å²) in [5, 5.41) is 0. The second-order valence-electron chi connectivity index (χ2n) is 30.5. The number of unbranched alkanes of at least 4 members (excludes halogenated alkanes) is 53. The Morgan fingerprint density at radius 3 is 0.860 bits per heavy atom. The lowest BCUT2D eigenvalue weighted by Crippen LogP contribution is -2.37. The maximum absolute atomic E-state index is 12.9. The minimum absolute atomic E-state index is 0.0334. The van der Waals surface area contributed by atoms with E-state index in [1.807, 2.05) is 21.1 Å². The van der Waals surface area contributed by atoms with Crippen molar-refractivity contribution in [3.8, 4) is 0 Å². The predicted octanol–water partition coefficient (Wildman–Crippen LogP) is 29.2. The number of phosphoric ester groups is 1. The molecule has 0 rings (SSSR count). The SMILES string of the molecule is CC/C=C\C/C=C\C/C=C\C/C=C\C/C=C\C/C=C\CCCCCCCCCCCCCCCCCCCCCCCCC(=O)OC(COC(=O)CCCCCCCCCCCCCCCCCCCCCCCCC/C=C\CCCCCCCCCC)COP(=O)(O)OCC[N+](C)(C)C. The second kappa shape index (κ2) is 80.3. The highest BCUT2D eigenvalue weighted by Crippen LogP contribution is 2.43. The maximum atomic E-state index is 12.9. The Labute approximate surface area is 621 Å². The van der Waals surface area contributed by atoms with Crippen LogP contribution in [0.25, 0.3) is 0 Å². The normalized spacial score (nSPS) is 13.4. The minimum Gasteiger partial charge on any atom is -0.462 e. The van der Waals surface area contributed by atoms with Gasteiger partial charge in [-0.3, -0.25) is 18.6 Å². The van der Waals surface area contributed by atoms with Gasteiger partial charge in [0.25, 0.3) is 0 Å². The molecule has 0 aromatic rings. The van der Waals surface area contributed by atoms with Crippen LogP contribution in [0.1, 0.15) is 425 Å². The lowest BCUT2D eigenvalue weighted by Gasteiger charge is -2.24. The second-order valence-corrected chi connectivity index (χ2v) is 32.0. The Balaban J connectivity index is 3.88. The molecular weight excluding hydrogens is 1250 g/mol. The fourth-order valence-corrected chi connectivity index (χ4v) is 13.6. The summed E-state index contributed by atoms with van der Waals surface area (Å²) in [4.78, 5) is 36.0. The van der Waals surface area contributed by atoms with Crippen LogP contribution in [0, 0.1) is 0 Å². The van der Waals surface area contributed by atoms with Crippen molar-refractivity contribution in [2.24, 2.45) is 0 Å². The molecule has 2 unspecified atom stereocenters. The summed E-state index contributed by atoms with van der Waals surface area (Å²) < 4.78 is 34.9. The minimum atomic E-state index is -4.40. The zero-order valence-corrected chi connectivity index (χ0v) is 67.8. The highest BCUT2D eigenvalue weighted by molar-refractivity contribution is 7.47. The zero-order chi connectivity index (χ0) is 72.5. The van der Waals surface area contributed by atoms with Crippen molar-refractivity contribution in [2.75, 3.05) is 47.5 Å². The maximum Gasteiger partial charge on any atom is 0.472 e. The van der Waals surface area contributed by atoms with Crippen LogP contribution in [0.15, 0.2) is 85.1 Å². The fraction of sp³-hybridized carbons (Fsp3) is 0.822. The standard InChI is InChI=1S/C90H166NO8P/c1-6-8-10-12-14-16-18-20-22-24-26-28-30-32-34-36-38-40-42-43-44-45-46-47-49-51-53-55-57-59-61-63-65-67-69-71-73-75-77-79-81-83-90(93)99-88(87-98-100(94,95)97-85-84-91(3,4)5)86-96-89(92)82-80-78-76-74-72-70-68-66-64-62-60-58-56-54-52-50-48-41-39-37-35-33-31-29-27-25-23-21-19-17-15-13-11-9-7-2/h8,10,14,16,20,22,25-28,32,34,38,40,88H,6-7,9,11-13,15,17-19,21,23-24,29-31,33,35-37,39,41-87H2,1-5H3/p+1/b10-8-,16-14-,22-20-,27-25-,28-26-,34-32-,40-38-. The molecule has 10 heteroatoms. The fourth-order valence-electron chi connectivity index (χ4n) is 12.8. The molecule has 0 spiro atoms. The van der Waals surface area contributed by atoms with E-state index in [1.54, 1.807) is 0 Å². The highest BCUT2D eigenvalue weighted by Gasteiger charge is 2.27. The van der Waals surface area contributed by atoms with E-state index < -0.39 is 26.5 Å². The van der Waals surface area contributed by atoms with Crippen LogP contribution in [0.3, 0.4) is 0 Å². The molecule has 1 N–H and O–H groups in total. The summed E-state index contributed by atoms with van der Waals surface area (Å²) in [5.74, 6) is -0.774. The summed E-state index contributed by atoms with van der Waals surface area (Å²) >= 11 is 0. The van der Waals surface area contributed by atoms with Crippen LogP contribution >= 0.6 is 7.82 Å². The Hall–Kier alpha value is -2.81. The van der Waals surface area contributed by atoms with E-state index in [-0.39, 0.29) is 25.6 Å². The lowest BCUT2D eigenvalue weighted by molar-refractivity contribution is -0.870. The number of likely N-dealkylation sites (N-methyl/N-ethyl adjacent to an activating group) is 1. The number of esters is 2. The van der Waals surface area contributed by atoms with Gasteiger partial charge in [0.1, 0.15) is 19.8 Å². The van der Waals surface area contributed by atoms with Crippen LogP contribution in [-0.2, 0) is 32.7 Å². The molecule has 0 heterocycles. The molecule has 0 bridgehead atoms. The Morgan fingerprint density at radius 1 is 0.320 bits per heavy atom. The molecule has 0 saturated carbocycles. The Bertz CT molecular complexity index is 1970. The van der Waals surface area contributed by atoms with Gasteiger partial charge in [-0.2, -0.15) is 0 Å². The number of nitrogens with zero attached hydrogens (tertiary/aromatic N) is 1. The molecule has 0 radical (unpaired) electrons. The summed E-state index contributed by atoms with van der Waals surface area (Å²) in [6, 6.07) is 0. The molecule has 100 heavy (non-hydrogen) atoms. The number of quaternary nitrogens is 1. The van der Waals surface area contributed by atoms with Gasteiger partial charge >= 0.3 is 19.8 Å². The van der Waals surface area contributed by atoms with Crippen molar-refractivity contribution in [1.29, 1.82) is 0 Å². The van der Waals surface area contributed by atoms with Gasteiger partial charge in [0.05, 0.1) is 27.7 Å². The van der Waals surface area contributed by atoms with Crippen LogP contribution in [0.4, 0.5) is 0 Å². The summed E-state index contributed by atoms with van der Waals surface area (Å²) in [7, 11) is 1.50. The zero-order valence-electron chi connectivity index (χ0n) is 66.9. The molecule has 584 valence electrons. The third kappa shape index (κ3) is 84.1. The van der Waals surface area contributed by atoms with E-state index in [0.29, 0.717) is 23.9 Å². The van der Waals surface area contributed by atoms with Gasteiger partial charge in [-0.15, -0.1) is 0 Å². The number of hydrogen-bond donors (Lipinski definition) is 1. The number of carbonyl (C=O) groups excluding carboxylic acids is 2. The third-order valence-electron chi connectivity index (χ3n) is 19.4. The summed E-state index contributed by atoms with van der Waals surface area (Å²) in [6.07, 6.45) is 112. The first-order valence-corrected chi connectivity index (χ1v) is 44.8. The molecule has 0 aromatic heterocycles. The highest BCUT2D eigenvalue weighted by atomic mass is 31.2. The monoisotopic (exact) mass is 1420 g/mol. The van der Waals surface area contributed by atoms with Crippen LogP contribution in [0.2, 0.25) is 0 Å². The molecule has 0 aromatic carbocycles. The average molecular weight is 1420 g/mol. The number of ether oxygens (including phenoxy) is 2. The van der Waals surface area contributed by atoms with Crippen molar-refractivity contribution in [3.05, 3.63) is 85.1 Å². The first-order chi connectivity index (χ1) is 49.0. The average Bonchev–Trinajstić information content (AvgIpc) is 1.30. The van der Waals surface area contributed by atoms with E-state index >= 15 is 0 Å². The van der Waals surface area contributed by atoms with Gasteiger partial charge in [-0.05, 0) is 89.9 Å². The van der Waals surface area contributed by atoms with Crippen molar-refractivity contribution in [2.45, 2.75) is 431 Å². The number of carbonyl (C=O) groups is 2. The molecule has 0 aliphatic heterocycles. The van der Waals surface area contributed by atoms with Gasteiger partial charge < -0.3 is 18.9 Å². The smallest absolute Gasteiger partial charge is 0.462 e. The van der Waals surface area contributed by atoms with Crippen LogP contribution in [0.5, 0.6) is 0 Å². The third-order valence-corrected chi connectivity index (χ3v) is 20.4. The molecule has 0 saturated heterocycles. The first-order valence-electron chi connectivity index (χ1n) is 43.3. The number of rotatable bonds is 81. The van der Waals surface area contributed by atoms with Crippen molar-refractivity contribution >= 4 is 19.8 Å². The molecule has 0 fully saturated rings. The van der Waals surface area contributed by atoms with Crippen LogP contribution in [-0.4, -0.2) is 74.9 Å². The van der Waals surface area contributed by atoms with Gasteiger partial charge in [0, 0.05) is 12.8 Å². The van der Waals surface area contributed by atoms with E-state index in [0.717, 1.165) is 70.6 Å². The molecule has 0 aliphatic carbocycles. The van der Waals surface area contributed by atoms with Crippen molar-refractivity contribution < 1.29 is 42.1 Å². The van der Waals surface area contributed by atoms with Crippen molar-refractivity contribution in [3.63, 3.8) is 0 Å². The molecule has 9 nitrogen and oxygen atoms in total. The van der Waals surface area contributed by atoms with Crippen molar-refractivity contribution in [1.82, 2.24) is 0 Å². The predicted molar refractivity (Wildman–Crippen MR) is 436 cm³/mol. The Morgan fingerprint density at radius 2 is 0.570 bits per heavy atom. The first kappa shape index (κ1) is 97.2. The van der Waals surface area contributed by atoms with Gasteiger partial charge in [-0.1, -0.05) is 407 Å². The largest absolute Gasteiger partial charge is 0.472 e. The lowest BCUT2D eigenvalue weighted by atomic mass is 10.0. The molecular formula is C90H167NO8P+. The van der Waals surface area contributed by atoms with E-state index in [2.05, 4.69) is 98.9 Å². The molecule has 2 atom stereocenters. The van der Waals surface area contributed by atoms with Gasteiger partial charge in [0.15, 0.2) is 6.10 Å². The number of phosphoric acid groups is 1. The molecule has 0 aliphatic rings. The topological polar surface area (TPSA) is 108 Å². The number of hydrogen-bond acceptors (Lipinski definition) is 7. The van der Waals surface area contributed by atoms with E-state index in [9.17, 15) is 19.0 Å². The van der Waals surface area contributed by atoms with Gasteiger partial charge in [-0.25, -0.2) is 4.57 Å². The van der Waals surface area contributed by atoms with Crippen LogP contribution < -0.4 is 0 Å².